The molecule has 1 saturated heterocycles. The van der Waals surface area contributed by atoms with E-state index in [2.05, 4.69) is 15.6 Å². The van der Waals surface area contributed by atoms with Crippen molar-refractivity contribution in [2.75, 3.05) is 11.9 Å². The molecule has 2 heterocycles. The Bertz CT molecular complexity index is 359. The van der Waals surface area contributed by atoms with Crippen molar-refractivity contribution in [2.24, 2.45) is 0 Å². The molecule has 1 aromatic heterocycles. The highest BCUT2D eigenvalue weighted by atomic mass is 16.2. The quantitative estimate of drug-likeness (QED) is 0.759. The van der Waals surface area contributed by atoms with E-state index in [0.717, 1.165) is 25.1 Å². The Morgan fingerprint density at radius 2 is 2.47 bits per heavy atom. The van der Waals surface area contributed by atoms with Crippen molar-refractivity contribution in [1.82, 2.24) is 10.3 Å². The molecular weight excluding hydrogens is 190 g/mol. The van der Waals surface area contributed by atoms with E-state index in [-0.39, 0.29) is 11.9 Å². The van der Waals surface area contributed by atoms with Gasteiger partial charge in [-0.05, 0) is 38.4 Å². The maximum absolute atomic E-state index is 11.7. The molecular formula is C11H15N3O. The van der Waals surface area contributed by atoms with Crippen LogP contribution in [0.1, 0.15) is 18.5 Å². The van der Waals surface area contributed by atoms with Gasteiger partial charge < -0.3 is 10.6 Å². The van der Waals surface area contributed by atoms with Crippen LogP contribution in [0.2, 0.25) is 0 Å². The van der Waals surface area contributed by atoms with Crippen LogP contribution in [0.25, 0.3) is 0 Å². The Hall–Kier alpha value is -1.42. The highest BCUT2D eigenvalue weighted by Gasteiger charge is 2.21. The standard InChI is InChI=1S/C11H15N3O/c1-8-4-2-6-10(13-8)14-11(15)9-5-3-7-12-9/h2,4,6,9,12H,3,5,7H2,1H3,(H,13,14,15)/t9-/m0/s1. The highest BCUT2D eigenvalue weighted by molar-refractivity contribution is 5.94. The summed E-state index contributed by atoms with van der Waals surface area (Å²) in [5, 5.41) is 5.96. The van der Waals surface area contributed by atoms with Crippen molar-refractivity contribution in [3.63, 3.8) is 0 Å². The summed E-state index contributed by atoms with van der Waals surface area (Å²) >= 11 is 0. The van der Waals surface area contributed by atoms with E-state index in [9.17, 15) is 4.79 Å². The minimum atomic E-state index is -0.0488. The second kappa shape index (κ2) is 4.40. The summed E-state index contributed by atoms with van der Waals surface area (Å²) in [4.78, 5) is 15.9. The first kappa shape index (κ1) is 10.1. The van der Waals surface area contributed by atoms with E-state index < -0.39 is 0 Å². The normalized spacial score (nSPS) is 20.2. The minimum absolute atomic E-state index is 0.0191. The summed E-state index contributed by atoms with van der Waals surface area (Å²) in [5.74, 6) is 0.652. The van der Waals surface area contributed by atoms with Crippen LogP contribution in [-0.2, 0) is 4.79 Å². The number of aromatic nitrogens is 1. The van der Waals surface area contributed by atoms with Gasteiger partial charge in [-0.25, -0.2) is 4.98 Å². The molecule has 0 spiro atoms. The van der Waals surface area contributed by atoms with Gasteiger partial charge in [0.2, 0.25) is 5.91 Å². The minimum Gasteiger partial charge on any atom is -0.309 e. The monoisotopic (exact) mass is 205 g/mol. The number of carbonyl (C=O) groups is 1. The molecule has 2 rings (SSSR count). The molecule has 0 aromatic carbocycles. The molecule has 2 N–H and O–H groups in total. The first-order valence-electron chi connectivity index (χ1n) is 5.23. The average Bonchev–Trinajstić information content (AvgIpc) is 2.70. The van der Waals surface area contributed by atoms with Gasteiger partial charge >= 0.3 is 0 Å². The first-order valence-corrected chi connectivity index (χ1v) is 5.23. The van der Waals surface area contributed by atoms with E-state index in [1.807, 2.05) is 19.1 Å². The van der Waals surface area contributed by atoms with Gasteiger partial charge in [0.1, 0.15) is 5.82 Å². The molecule has 0 saturated carbocycles. The molecule has 1 aromatic rings. The number of carbonyl (C=O) groups excluding carboxylic acids is 1. The molecule has 4 nitrogen and oxygen atoms in total. The lowest BCUT2D eigenvalue weighted by atomic mass is 10.2. The number of aryl methyl sites for hydroxylation is 1. The Labute approximate surface area is 89.1 Å². The van der Waals surface area contributed by atoms with Gasteiger partial charge in [-0.1, -0.05) is 6.07 Å². The zero-order valence-corrected chi connectivity index (χ0v) is 8.79. The molecule has 0 bridgehead atoms. The number of nitrogens with one attached hydrogen (secondary N) is 2. The van der Waals surface area contributed by atoms with Gasteiger partial charge in [0.15, 0.2) is 0 Å². The third-order valence-corrected chi connectivity index (χ3v) is 2.52. The van der Waals surface area contributed by atoms with Crippen molar-refractivity contribution in [3.05, 3.63) is 23.9 Å². The Morgan fingerprint density at radius 3 is 3.13 bits per heavy atom. The van der Waals surface area contributed by atoms with E-state index in [0.29, 0.717) is 5.82 Å². The van der Waals surface area contributed by atoms with Gasteiger partial charge in [-0.15, -0.1) is 0 Å². The third kappa shape index (κ3) is 2.53. The summed E-state index contributed by atoms with van der Waals surface area (Å²) in [6, 6.07) is 5.55. The number of hydrogen-bond donors (Lipinski definition) is 2. The van der Waals surface area contributed by atoms with Crippen molar-refractivity contribution in [2.45, 2.75) is 25.8 Å². The number of amides is 1. The van der Waals surface area contributed by atoms with Crippen molar-refractivity contribution < 1.29 is 4.79 Å². The van der Waals surface area contributed by atoms with Crippen molar-refractivity contribution in [3.8, 4) is 0 Å². The number of nitrogens with zero attached hydrogens (tertiary/aromatic N) is 1. The van der Waals surface area contributed by atoms with Crippen LogP contribution in [0.15, 0.2) is 18.2 Å². The van der Waals surface area contributed by atoms with Crippen LogP contribution < -0.4 is 10.6 Å². The molecule has 4 heteroatoms. The zero-order valence-electron chi connectivity index (χ0n) is 8.79. The molecule has 0 radical (unpaired) electrons. The number of hydrogen-bond acceptors (Lipinski definition) is 3. The lowest BCUT2D eigenvalue weighted by Gasteiger charge is -2.10. The largest absolute Gasteiger partial charge is 0.309 e. The second-order valence-corrected chi connectivity index (χ2v) is 3.80. The predicted molar refractivity (Wildman–Crippen MR) is 58.6 cm³/mol. The fraction of sp³-hybridized carbons (Fsp3) is 0.455. The molecule has 80 valence electrons. The number of rotatable bonds is 2. The van der Waals surface area contributed by atoms with Crippen LogP contribution >= 0.6 is 0 Å². The topological polar surface area (TPSA) is 54.0 Å². The van der Waals surface area contributed by atoms with E-state index in [1.165, 1.54) is 0 Å². The van der Waals surface area contributed by atoms with Crippen LogP contribution in [0, 0.1) is 6.92 Å². The zero-order chi connectivity index (χ0) is 10.7. The lowest BCUT2D eigenvalue weighted by molar-refractivity contribution is -0.117. The van der Waals surface area contributed by atoms with E-state index >= 15 is 0 Å². The molecule has 1 fully saturated rings. The third-order valence-electron chi connectivity index (χ3n) is 2.52. The van der Waals surface area contributed by atoms with E-state index in [1.54, 1.807) is 6.07 Å². The highest BCUT2D eigenvalue weighted by Crippen LogP contribution is 2.09. The Kier molecular flexibility index (Phi) is 2.97. The molecule has 0 aliphatic carbocycles. The maximum Gasteiger partial charge on any atom is 0.242 e. The van der Waals surface area contributed by atoms with Crippen LogP contribution in [0.4, 0.5) is 5.82 Å². The molecule has 0 unspecified atom stereocenters. The molecule has 1 aliphatic heterocycles. The van der Waals surface area contributed by atoms with Crippen LogP contribution in [-0.4, -0.2) is 23.5 Å². The van der Waals surface area contributed by atoms with Gasteiger partial charge in [0.25, 0.3) is 0 Å². The fourth-order valence-electron chi connectivity index (χ4n) is 1.73. The smallest absolute Gasteiger partial charge is 0.242 e. The summed E-state index contributed by atoms with van der Waals surface area (Å²) in [5.41, 5.74) is 0.909. The van der Waals surface area contributed by atoms with Gasteiger partial charge in [-0.3, -0.25) is 4.79 Å². The first-order chi connectivity index (χ1) is 7.25. The molecule has 1 atom stereocenters. The summed E-state index contributed by atoms with van der Waals surface area (Å²) in [7, 11) is 0. The van der Waals surface area contributed by atoms with Crippen LogP contribution in [0.3, 0.4) is 0 Å². The summed E-state index contributed by atoms with van der Waals surface area (Å²) in [6.45, 7) is 2.84. The SMILES string of the molecule is Cc1cccc(NC(=O)[C@@H]2CCCN2)n1. The van der Waals surface area contributed by atoms with Crippen molar-refractivity contribution >= 4 is 11.7 Å². The van der Waals surface area contributed by atoms with E-state index in [4.69, 9.17) is 0 Å². The number of anilines is 1. The summed E-state index contributed by atoms with van der Waals surface area (Å²) < 4.78 is 0. The Morgan fingerprint density at radius 1 is 1.60 bits per heavy atom. The predicted octanol–water partition coefficient (Wildman–Crippen LogP) is 1.08. The number of pyridine rings is 1. The van der Waals surface area contributed by atoms with Crippen molar-refractivity contribution in [1.29, 1.82) is 0 Å². The maximum atomic E-state index is 11.7. The molecule has 15 heavy (non-hydrogen) atoms. The van der Waals surface area contributed by atoms with Gasteiger partial charge in [0, 0.05) is 5.69 Å². The second-order valence-electron chi connectivity index (χ2n) is 3.80. The van der Waals surface area contributed by atoms with Crippen LogP contribution in [0.5, 0.6) is 0 Å². The lowest BCUT2D eigenvalue weighted by Crippen LogP contribution is -2.35. The molecule has 1 aliphatic rings. The average molecular weight is 205 g/mol. The molecule has 1 amide bonds. The summed E-state index contributed by atoms with van der Waals surface area (Å²) in [6.07, 6.45) is 1.98. The van der Waals surface area contributed by atoms with Gasteiger partial charge in [0.05, 0.1) is 6.04 Å². The Balaban J connectivity index is 1.99. The fourth-order valence-corrected chi connectivity index (χ4v) is 1.73. The van der Waals surface area contributed by atoms with Gasteiger partial charge in [-0.2, -0.15) is 0 Å².